The first-order valence-electron chi connectivity index (χ1n) is 8.15. The van der Waals surface area contributed by atoms with Gasteiger partial charge in [-0.3, -0.25) is 14.4 Å². The average molecular weight is 315 g/mol. The summed E-state index contributed by atoms with van der Waals surface area (Å²) in [4.78, 5) is 37.5. The van der Waals surface area contributed by atoms with E-state index in [9.17, 15) is 14.4 Å². The fraction of sp³-hybridized carbons (Fsp3) is 0.471. The number of carbonyl (C=O) groups is 3. The zero-order chi connectivity index (χ0) is 16.4. The smallest absolute Gasteiger partial charge is 0.313 e. The molecule has 0 aromatic heterocycles. The number of rotatable bonds is 4. The van der Waals surface area contributed by atoms with Crippen LogP contribution >= 0.6 is 0 Å². The summed E-state index contributed by atoms with van der Waals surface area (Å²) >= 11 is 0. The molecule has 0 bridgehead atoms. The molecule has 0 radical (unpaired) electrons. The number of anilines is 2. The summed E-state index contributed by atoms with van der Waals surface area (Å²) < 4.78 is 0. The molecule has 0 spiro atoms. The van der Waals surface area contributed by atoms with Gasteiger partial charge in [-0.05, 0) is 42.5 Å². The number of unbranched alkanes of at least 4 members (excludes halogenated alkanes) is 1. The molecular formula is C17H21N3O3. The van der Waals surface area contributed by atoms with E-state index in [1.165, 1.54) is 0 Å². The maximum Gasteiger partial charge on any atom is 0.313 e. The first-order chi connectivity index (χ1) is 11.1. The summed E-state index contributed by atoms with van der Waals surface area (Å²) in [6.07, 6.45) is 3.99. The third-order valence-electron chi connectivity index (χ3n) is 4.29. The number of nitrogens with zero attached hydrogens (tertiary/aromatic N) is 1. The molecule has 122 valence electrons. The van der Waals surface area contributed by atoms with Crippen molar-refractivity contribution in [2.45, 2.75) is 39.0 Å². The molecule has 0 aliphatic carbocycles. The van der Waals surface area contributed by atoms with E-state index in [1.807, 2.05) is 17.9 Å². The minimum absolute atomic E-state index is 0.113. The van der Waals surface area contributed by atoms with Crippen LogP contribution in [-0.4, -0.2) is 30.8 Å². The zero-order valence-corrected chi connectivity index (χ0v) is 13.3. The Kier molecular flexibility index (Phi) is 4.32. The van der Waals surface area contributed by atoms with Crippen molar-refractivity contribution in [3.05, 3.63) is 23.3 Å². The van der Waals surface area contributed by atoms with E-state index in [2.05, 4.69) is 10.6 Å². The molecule has 3 amide bonds. The summed E-state index contributed by atoms with van der Waals surface area (Å²) in [5.74, 6) is -1.17. The summed E-state index contributed by atoms with van der Waals surface area (Å²) in [7, 11) is 0. The summed E-state index contributed by atoms with van der Waals surface area (Å²) in [6.45, 7) is 3.29. The van der Waals surface area contributed by atoms with E-state index in [0.29, 0.717) is 18.7 Å². The van der Waals surface area contributed by atoms with Crippen LogP contribution in [0.3, 0.4) is 0 Å². The standard InChI is InChI=1S/C17H21N3O3/c1-2-3-6-18-16(22)17(23)19-13-8-11-5-4-7-20-14(21)10-12(9-13)15(11)20/h8-9H,2-7,10H2,1H3,(H,18,22)(H,19,23). The predicted molar refractivity (Wildman–Crippen MR) is 87.4 cm³/mol. The van der Waals surface area contributed by atoms with Crippen molar-refractivity contribution in [3.63, 3.8) is 0 Å². The predicted octanol–water partition coefficient (Wildman–Crippen LogP) is 1.38. The highest BCUT2D eigenvalue weighted by atomic mass is 16.2. The van der Waals surface area contributed by atoms with Gasteiger partial charge in [-0.1, -0.05) is 13.3 Å². The van der Waals surface area contributed by atoms with Crippen LogP contribution in [0.25, 0.3) is 0 Å². The van der Waals surface area contributed by atoms with Crippen LogP contribution in [0.2, 0.25) is 0 Å². The van der Waals surface area contributed by atoms with E-state index in [1.54, 1.807) is 6.07 Å². The number of carbonyl (C=O) groups excluding carboxylic acids is 3. The molecule has 2 N–H and O–H groups in total. The van der Waals surface area contributed by atoms with Gasteiger partial charge in [0.15, 0.2) is 0 Å². The molecule has 1 aromatic rings. The third kappa shape index (κ3) is 3.06. The van der Waals surface area contributed by atoms with Crippen LogP contribution in [0, 0.1) is 0 Å². The van der Waals surface area contributed by atoms with E-state index >= 15 is 0 Å². The van der Waals surface area contributed by atoms with Crippen molar-refractivity contribution in [2.75, 3.05) is 23.3 Å². The molecule has 1 aromatic carbocycles. The van der Waals surface area contributed by atoms with Gasteiger partial charge in [0, 0.05) is 18.8 Å². The first-order valence-corrected chi connectivity index (χ1v) is 8.15. The van der Waals surface area contributed by atoms with Gasteiger partial charge in [0.2, 0.25) is 5.91 Å². The van der Waals surface area contributed by atoms with Gasteiger partial charge >= 0.3 is 11.8 Å². The number of nitrogens with one attached hydrogen (secondary N) is 2. The molecule has 0 unspecified atom stereocenters. The van der Waals surface area contributed by atoms with E-state index in [0.717, 1.165) is 49.0 Å². The molecule has 0 atom stereocenters. The fourth-order valence-corrected chi connectivity index (χ4v) is 3.20. The molecule has 23 heavy (non-hydrogen) atoms. The summed E-state index contributed by atoms with van der Waals surface area (Å²) in [5, 5.41) is 5.24. The maximum atomic E-state index is 12.0. The Bertz CT molecular complexity index is 669. The molecule has 2 heterocycles. The summed E-state index contributed by atoms with van der Waals surface area (Å²) in [6, 6.07) is 3.68. The van der Waals surface area contributed by atoms with Gasteiger partial charge in [-0.25, -0.2) is 0 Å². The average Bonchev–Trinajstić information content (AvgIpc) is 2.85. The second-order valence-corrected chi connectivity index (χ2v) is 6.03. The van der Waals surface area contributed by atoms with Crippen molar-refractivity contribution >= 4 is 29.1 Å². The Morgan fingerprint density at radius 3 is 2.78 bits per heavy atom. The Morgan fingerprint density at radius 2 is 2.00 bits per heavy atom. The van der Waals surface area contributed by atoms with Gasteiger partial charge in [0.1, 0.15) is 0 Å². The quantitative estimate of drug-likeness (QED) is 0.651. The normalized spacial score (nSPS) is 15.3. The fourth-order valence-electron chi connectivity index (χ4n) is 3.20. The monoisotopic (exact) mass is 315 g/mol. The zero-order valence-electron chi connectivity index (χ0n) is 13.3. The van der Waals surface area contributed by atoms with Crippen molar-refractivity contribution in [1.82, 2.24) is 5.32 Å². The minimum Gasteiger partial charge on any atom is -0.348 e. The molecule has 6 nitrogen and oxygen atoms in total. The van der Waals surface area contributed by atoms with E-state index < -0.39 is 11.8 Å². The van der Waals surface area contributed by atoms with Crippen LogP contribution in [0.5, 0.6) is 0 Å². The Balaban J connectivity index is 1.73. The van der Waals surface area contributed by atoms with Gasteiger partial charge in [-0.15, -0.1) is 0 Å². The van der Waals surface area contributed by atoms with Gasteiger partial charge in [0.25, 0.3) is 0 Å². The highest BCUT2D eigenvalue weighted by Gasteiger charge is 2.32. The molecule has 0 saturated heterocycles. The lowest BCUT2D eigenvalue weighted by atomic mass is 9.99. The molecule has 2 aliphatic rings. The maximum absolute atomic E-state index is 12.0. The molecule has 0 fully saturated rings. The number of hydrogen-bond acceptors (Lipinski definition) is 3. The Labute approximate surface area is 135 Å². The van der Waals surface area contributed by atoms with Crippen molar-refractivity contribution in [3.8, 4) is 0 Å². The van der Waals surface area contributed by atoms with Crippen LogP contribution in [0.1, 0.15) is 37.3 Å². The Hall–Kier alpha value is -2.37. The van der Waals surface area contributed by atoms with E-state index in [4.69, 9.17) is 0 Å². The van der Waals surface area contributed by atoms with Gasteiger partial charge in [-0.2, -0.15) is 0 Å². The molecular weight excluding hydrogens is 294 g/mol. The van der Waals surface area contributed by atoms with Crippen molar-refractivity contribution < 1.29 is 14.4 Å². The number of aryl methyl sites for hydroxylation is 1. The van der Waals surface area contributed by atoms with Crippen LogP contribution in [0.4, 0.5) is 11.4 Å². The topological polar surface area (TPSA) is 78.5 Å². The van der Waals surface area contributed by atoms with Gasteiger partial charge < -0.3 is 15.5 Å². The molecule has 0 saturated carbocycles. The number of benzene rings is 1. The second-order valence-electron chi connectivity index (χ2n) is 6.03. The van der Waals surface area contributed by atoms with Crippen LogP contribution in [-0.2, 0) is 27.2 Å². The lowest BCUT2D eigenvalue weighted by molar-refractivity contribution is -0.136. The summed E-state index contributed by atoms with van der Waals surface area (Å²) in [5.41, 5.74) is 3.60. The highest BCUT2D eigenvalue weighted by molar-refractivity contribution is 6.39. The van der Waals surface area contributed by atoms with Crippen LogP contribution in [0.15, 0.2) is 12.1 Å². The second kappa shape index (κ2) is 6.40. The largest absolute Gasteiger partial charge is 0.348 e. The molecule has 6 heteroatoms. The highest BCUT2D eigenvalue weighted by Crippen LogP contribution is 2.38. The first kappa shape index (κ1) is 15.5. The van der Waals surface area contributed by atoms with Crippen molar-refractivity contribution in [1.29, 1.82) is 0 Å². The van der Waals surface area contributed by atoms with Crippen molar-refractivity contribution in [2.24, 2.45) is 0 Å². The van der Waals surface area contributed by atoms with E-state index in [-0.39, 0.29) is 5.91 Å². The lowest BCUT2D eigenvalue weighted by Crippen LogP contribution is -2.36. The third-order valence-corrected chi connectivity index (χ3v) is 4.29. The molecule has 2 aliphatic heterocycles. The van der Waals surface area contributed by atoms with Gasteiger partial charge in [0.05, 0.1) is 12.1 Å². The number of amides is 3. The van der Waals surface area contributed by atoms with Crippen LogP contribution < -0.4 is 15.5 Å². The lowest BCUT2D eigenvalue weighted by Gasteiger charge is -2.26. The number of hydrogen-bond donors (Lipinski definition) is 2. The Morgan fingerprint density at radius 1 is 1.22 bits per heavy atom. The molecule has 3 rings (SSSR count). The minimum atomic E-state index is -0.662. The SMILES string of the molecule is CCCCNC(=O)C(=O)Nc1cc2c3c(c1)CC(=O)N3CCC2.